The first-order valence-electron chi connectivity index (χ1n) is 13.2. The minimum Gasteiger partial charge on any atom is -0.352 e. The molecule has 8 heteroatoms. The number of nitrogens with zero attached hydrogens (tertiary/aromatic N) is 2. The van der Waals surface area contributed by atoms with Crippen molar-refractivity contribution in [3.05, 3.63) is 101 Å². The molecule has 208 valence electrons. The topological polar surface area (TPSA) is 86.8 Å². The smallest absolute Gasteiger partial charge is 0.244 e. The van der Waals surface area contributed by atoms with Crippen molar-refractivity contribution in [3.8, 4) is 0 Å². The molecule has 0 aliphatic carbocycles. The van der Waals surface area contributed by atoms with Gasteiger partial charge < -0.3 is 10.2 Å². The Labute approximate surface area is 232 Å². The number of carbonyl (C=O) groups excluding carboxylic acids is 2. The van der Waals surface area contributed by atoms with Gasteiger partial charge in [-0.25, -0.2) is 8.42 Å². The zero-order valence-corrected chi connectivity index (χ0v) is 24.2. The molecule has 0 fully saturated rings. The first-order chi connectivity index (χ1) is 18.5. The van der Waals surface area contributed by atoms with Crippen molar-refractivity contribution in [2.75, 3.05) is 17.1 Å². The van der Waals surface area contributed by atoms with Gasteiger partial charge in [-0.15, -0.1) is 0 Å². The average Bonchev–Trinajstić information content (AvgIpc) is 2.88. The third kappa shape index (κ3) is 8.68. The predicted molar refractivity (Wildman–Crippen MR) is 157 cm³/mol. The molecule has 0 heterocycles. The van der Waals surface area contributed by atoms with Crippen LogP contribution in [0.1, 0.15) is 42.5 Å². The summed E-state index contributed by atoms with van der Waals surface area (Å²) in [6.45, 7) is 7.42. The Morgan fingerprint density at radius 2 is 1.41 bits per heavy atom. The van der Waals surface area contributed by atoms with Crippen LogP contribution in [-0.2, 0) is 32.6 Å². The van der Waals surface area contributed by atoms with Gasteiger partial charge in [0.1, 0.15) is 12.6 Å². The minimum atomic E-state index is -3.80. The molecule has 2 atom stereocenters. The Hall–Kier alpha value is -3.65. The van der Waals surface area contributed by atoms with Gasteiger partial charge in [-0.2, -0.15) is 0 Å². The van der Waals surface area contributed by atoms with Gasteiger partial charge in [0.05, 0.1) is 11.9 Å². The molecule has 2 amide bonds. The van der Waals surface area contributed by atoms with Crippen LogP contribution >= 0.6 is 0 Å². The number of hydrogen-bond acceptors (Lipinski definition) is 4. The lowest BCUT2D eigenvalue weighted by Gasteiger charge is -2.34. The Morgan fingerprint density at radius 3 is 1.92 bits per heavy atom. The van der Waals surface area contributed by atoms with Gasteiger partial charge in [0.15, 0.2) is 0 Å². The molecule has 7 nitrogen and oxygen atoms in total. The van der Waals surface area contributed by atoms with E-state index in [0.29, 0.717) is 12.1 Å². The number of aryl methyl sites for hydroxylation is 2. The fourth-order valence-corrected chi connectivity index (χ4v) is 5.32. The van der Waals surface area contributed by atoms with E-state index in [2.05, 4.69) is 5.32 Å². The largest absolute Gasteiger partial charge is 0.352 e. The lowest BCUT2D eigenvalue weighted by molar-refractivity contribution is -0.140. The van der Waals surface area contributed by atoms with Crippen LogP contribution < -0.4 is 9.62 Å². The van der Waals surface area contributed by atoms with Crippen LogP contribution in [0.3, 0.4) is 0 Å². The highest BCUT2D eigenvalue weighted by Crippen LogP contribution is 2.23. The third-order valence-electron chi connectivity index (χ3n) is 6.64. The summed E-state index contributed by atoms with van der Waals surface area (Å²) in [7, 11) is -3.80. The van der Waals surface area contributed by atoms with Gasteiger partial charge in [0, 0.05) is 19.0 Å². The van der Waals surface area contributed by atoms with Crippen molar-refractivity contribution < 1.29 is 18.0 Å². The average molecular weight is 550 g/mol. The molecular formula is C31H39N3O4S. The van der Waals surface area contributed by atoms with E-state index in [1.165, 1.54) is 4.90 Å². The fourth-order valence-electron chi connectivity index (χ4n) is 4.48. The number of carbonyl (C=O) groups is 2. The second kappa shape index (κ2) is 13.4. The summed E-state index contributed by atoms with van der Waals surface area (Å²) in [5.41, 5.74) is 3.95. The quantitative estimate of drug-likeness (QED) is 0.357. The Morgan fingerprint density at radius 1 is 0.872 bits per heavy atom. The highest BCUT2D eigenvalue weighted by Gasteiger charge is 2.33. The van der Waals surface area contributed by atoms with Crippen molar-refractivity contribution in [1.82, 2.24) is 10.2 Å². The molecule has 3 rings (SSSR count). The zero-order chi connectivity index (χ0) is 28.6. The van der Waals surface area contributed by atoms with E-state index in [1.54, 1.807) is 12.1 Å². The number of benzene rings is 3. The van der Waals surface area contributed by atoms with Crippen molar-refractivity contribution in [3.63, 3.8) is 0 Å². The van der Waals surface area contributed by atoms with Gasteiger partial charge in [-0.3, -0.25) is 13.9 Å². The van der Waals surface area contributed by atoms with Crippen LogP contribution in [0.15, 0.2) is 78.9 Å². The molecule has 0 bridgehead atoms. The summed E-state index contributed by atoms with van der Waals surface area (Å²) in [6.07, 6.45) is 2.13. The van der Waals surface area contributed by atoms with E-state index >= 15 is 0 Å². The van der Waals surface area contributed by atoms with Crippen molar-refractivity contribution in [2.24, 2.45) is 0 Å². The summed E-state index contributed by atoms with van der Waals surface area (Å²) in [4.78, 5) is 29.3. The molecule has 1 N–H and O–H groups in total. The second-order valence-corrected chi connectivity index (χ2v) is 12.1. The zero-order valence-electron chi connectivity index (χ0n) is 23.4. The monoisotopic (exact) mass is 549 g/mol. The Bertz CT molecular complexity index is 1340. The van der Waals surface area contributed by atoms with Crippen LogP contribution in [0.4, 0.5) is 5.69 Å². The normalized spacial score (nSPS) is 12.8. The highest BCUT2D eigenvalue weighted by atomic mass is 32.2. The molecule has 0 aliphatic rings. The molecule has 0 radical (unpaired) electrons. The van der Waals surface area contributed by atoms with E-state index < -0.39 is 28.5 Å². The summed E-state index contributed by atoms with van der Waals surface area (Å²) in [6, 6.07) is 23.5. The third-order valence-corrected chi connectivity index (χ3v) is 7.78. The van der Waals surface area contributed by atoms with E-state index in [4.69, 9.17) is 0 Å². The Balaban J connectivity index is 2.05. The number of nitrogens with one attached hydrogen (secondary N) is 1. The molecule has 0 aliphatic heterocycles. The van der Waals surface area contributed by atoms with Gasteiger partial charge >= 0.3 is 0 Å². The maximum absolute atomic E-state index is 14.1. The number of sulfonamides is 1. The van der Waals surface area contributed by atoms with E-state index in [9.17, 15) is 18.0 Å². The standard InChI is InChI=1S/C31H39N3O4S/c1-6-25(4)32-31(36)29(20-26-13-9-7-10-14-26)33(21-27-15-11-8-12-16-27)30(35)22-34(39(5,37)38)28-18-23(2)17-24(3)19-28/h7-19,25,29H,6,20-22H2,1-5H3,(H,32,36)/t25-,29+/m0/s1. The Kier molecular flexibility index (Phi) is 10.3. The molecule has 0 unspecified atom stereocenters. The summed E-state index contributed by atoms with van der Waals surface area (Å²) < 4.78 is 27.0. The molecular weight excluding hydrogens is 510 g/mol. The number of amides is 2. The van der Waals surface area contributed by atoms with Gasteiger partial charge in [-0.05, 0) is 61.6 Å². The van der Waals surface area contributed by atoms with Crippen molar-refractivity contribution in [1.29, 1.82) is 0 Å². The SMILES string of the molecule is CC[C@H](C)NC(=O)[C@@H](Cc1ccccc1)N(Cc1ccccc1)C(=O)CN(c1cc(C)cc(C)c1)S(C)(=O)=O. The lowest BCUT2D eigenvalue weighted by Crippen LogP contribution is -2.54. The number of rotatable bonds is 12. The minimum absolute atomic E-state index is 0.0766. The second-order valence-electron chi connectivity index (χ2n) is 10.1. The fraction of sp³-hybridized carbons (Fsp3) is 0.355. The summed E-state index contributed by atoms with van der Waals surface area (Å²) >= 11 is 0. The summed E-state index contributed by atoms with van der Waals surface area (Å²) in [5.74, 6) is -0.724. The van der Waals surface area contributed by atoms with E-state index in [-0.39, 0.29) is 18.5 Å². The van der Waals surface area contributed by atoms with Gasteiger partial charge in [0.2, 0.25) is 21.8 Å². The molecule has 39 heavy (non-hydrogen) atoms. The highest BCUT2D eigenvalue weighted by molar-refractivity contribution is 7.92. The van der Waals surface area contributed by atoms with Crippen LogP contribution in [0.25, 0.3) is 0 Å². The maximum Gasteiger partial charge on any atom is 0.244 e. The van der Waals surface area contributed by atoms with Crippen LogP contribution in [0.2, 0.25) is 0 Å². The van der Waals surface area contributed by atoms with Gasteiger partial charge in [0.25, 0.3) is 0 Å². The number of hydrogen-bond donors (Lipinski definition) is 1. The van der Waals surface area contributed by atoms with E-state index in [0.717, 1.165) is 39.2 Å². The van der Waals surface area contributed by atoms with Gasteiger partial charge in [-0.1, -0.05) is 73.7 Å². The molecule has 3 aromatic carbocycles. The van der Waals surface area contributed by atoms with Crippen molar-refractivity contribution >= 4 is 27.5 Å². The molecule has 0 aromatic heterocycles. The first kappa shape index (κ1) is 29.9. The first-order valence-corrected chi connectivity index (χ1v) is 15.1. The molecule has 0 saturated carbocycles. The summed E-state index contributed by atoms with van der Waals surface area (Å²) in [5, 5.41) is 3.04. The van der Waals surface area contributed by atoms with E-state index in [1.807, 2.05) is 94.4 Å². The number of anilines is 1. The molecule has 0 spiro atoms. The van der Waals surface area contributed by atoms with Crippen molar-refractivity contribution in [2.45, 2.75) is 59.2 Å². The van der Waals surface area contributed by atoms with Crippen LogP contribution in [-0.4, -0.2) is 50.0 Å². The maximum atomic E-state index is 14.1. The lowest BCUT2D eigenvalue weighted by atomic mass is 10.0. The van der Waals surface area contributed by atoms with Crippen LogP contribution in [0, 0.1) is 13.8 Å². The molecule has 0 saturated heterocycles. The van der Waals surface area contributed by atoms with Crippen LogP contribution in [0.5, 0.6) is 0 Å². The predicted octanol–water partition coefficient (Wildman–Crippen LogP) is 4.62. The molecule has 3 aromatic rings.